The van der Waals surface area contributed by atoms with E-state index in [4.69, 9.17) is 0 Å². The third kappa shape index (κ3) is 2.91. The van der Waals surface area contributed by atoms with Crippen molar-refractivity contribution in [1.29, 1.82) is 0 Å². The quantitative estimate of drug-likeness (QED) is 0.934. The van der Waals surface area contributed by atoms with Crippen molar-refractivity contribution in [2.24, 2.45) is 0 Å². The highest BCUT2D eigenvalue weighted by atomic mass is 16.4. The van der Waals surface area contributed by atoms with E-state index in [9.17, 15) is 14.7 Å². The van der Waals surface area contributed by atoms with Crippen molar-refractivity contribution in [3.63, 3.8) is 0 Å². The van der Waals surface area contributed by atoms with Crippen LogP contribution in [0.5, 0.6) is 0 Å². The van der Waals surface area contributed by atoms with Crippen LogP contribution in [-0.4, -0.2) is 44.0 Å². The minimum atomic E-state index is -0.928. The van der Waals surface area contributed by atoms with E-state index in [0.29, 0.717) is 25.1 Å². The number of hydrogen-bond donors (Lipinski definition) is 1. The van der Waals surface area contributed by atoms with Gasteiger partial charge in [-0.25, -0.2) is 4.79 Å². The van der Waals surface area contributed by atoms with Gasteiger partial charge in [-0.1, -0.05) is 6.07 Å². The first-order valence-corrected chi connectivity index (χ1v) is 8.09. The molecule has 3 rings (SSSR count). The summed E-state index contributed by atoms with van der Waals surface area (Å²) in [6, 6.07) is 6.88. The van der Waals surface area contributed by atoms with E-state index in [2.05, 4.69) is 4.98 Å². The van der Waals surface area contributed by atoms with E-state index in [1.54, 1.807) is 6.20 Å². The predicted octanol–water partition coefficient (Wildman–Crippen LogP) is 2.24. The highest BCUT2D eigenvalue weighted by molar-refractivity contribution is 5.98. The summed E-state index contributed by atoms with van der Waals surface area (Å²) >= 11 is 0. The summed E-state index contributed by atoms with van der Waals surface area (Å²) in [5.41, 5.74) is 3.31. The van der Waals surface area contributed by atoms with Crippen LogP contribution in [-0.2, 0) is 11.3 Å². The number of pyridine rings is 1. The van der Waals surface area contributed by atoms with Crippen LogP contribution in [0.15, 0.2) is 30.5 Å². The molecule has 1 amide bonds. The van der Waals surface area contributed by atoms with Crippen LogP contribution in [0, 0.1) is 13.8 Å². The van der Waals surface area contributed by atoms with Gasteiger partial charge in [-0.3, -0.25) is 9.78 Å². The molecule has 0 bridgehead atoms. The lowest BCUT2D eigenvalue weighted by atomic mass is 10.2. The maximum atomic E-state index is 12.8. The number of aromatic nitrogens is 2. The van der Waals surface area contributed by atoms with Crippen molar-refractivity contribution in [3.8, 4) is 0 Å². The number of aryl methyl sites for hydroxylation is 1. The van der Waals surface area contributed by atoms with Gasteiger partial charge in [0.1, 0.15) is 6.04 Å². The number of aliphatic carboxylic acids is 1. The fourth-order valence-electron chi connectivity index (χ4n) is 3.34. The van der Waals surface area contributed by atoms with Gasteiger partial charge in [0.05, 0.1) is 17.8 Å². The standard InChI is InChI=1S/C18H21N3O3/c1-12-10-15(17(22)20-9-5-7-16(20)18(23)24)13(2)21(12)11-14-6-3-4-8-19-14/h3-4,6,8,10,16H,5,7,9,11H2,1-2H3,(H,23,24)/t16-/m1/s1. The number of carbonyl (C=O) groups excluding carboxylic acids is 1. The molecule has 3 heterocycles. The molecule has 2 aromatic rings. The van der Waals surface area contributed by atoms with Crippen molar-refractivity contribution >= 4 is 11.9 Å². The SMILES string of the molecule is Cc1cc(C(=O)N2CCC[C@@H]2C(=O)O)c(C)n1Cc1ccccn1. The third-order valence-corrected chi connectivity index (χ3v) is 4.65. The number of carboxylic acid groups (broad SMARTS) is 1. The number of rotatable bonds is 4. The third-order valence-electron chi connectivity index (χ3n) is 4.65. The zero-order valence-electron chi connectivity index (χ0n) is 13.9. The molecule has 1 atom stereocenters. The van der Waals surface area contributed by atoms with Gasteiger partial charge in [0.25, 0.3) is 5.91 Å². The zero-order chi connectivity index (χ0) is 17.3. The Hall–Kier alpha value is -2.63. The maximum absolute atomic E-state index is 12.8. The first kappa shape index (κ1) is 16.2. The van der Waals surface area contributed by atoms with Gasteiger partial charge >= 0.3 is 5.97 Å². The molecule has 1 aliphatic heterocycles. The lowest BCUT2D eigenvalue weighted by molar-refractivity contribution is -0.141. The number of carboxylic acids is 1. The summed E-state index contributed by atoms with van der Waals surface area (Å²) in [6.45, 7) is 4.94. The van der Waals surface area contributed by atoms with Crippen LogP contribution in [0.4, 0.5) is 0 Å². The Morgan fingerprint density at radius 2 is 2.12 bits per heavy atom. The first-order valence-electron chi connectivity index (χ1n) is 8.09. The molecular formula is C18H21N3O3. The molecule has 0 aromatic carbocycles. The molecule has 6 nitrogen and oxygen atoms in total. The van der Waals surface area contributed by atoms with Crippen molar-refractivity contribution < 1.29 is 14.7 Å². The minimum Gasteiger partial charge on any atom is -0.480 e. The predicted molar refractivity (Wildman–Crippen MR) is 88.9 cm³/mol. The van der Waals surface area contributed by atoms with Crippen LogP contribution in [0.1, 0.15) is 40.3 Å². The molecule has 1 aliphatic rings. The van der Waals surface area contributed by atoms with E-state index in [-0.39, 0.29) is 5.91 Å². The Balaban J connectivity index is 1.88. The van der Waals surface area contributed by atoms with Crippen LogP contribution >= 0.6 is 0 Å². The first-order chi connectivity index (χ1) is 11.5. The number of nitrogens with zero attached hydrogens (tertiary/aromatic N) is 3. The van der Waals surface area contributed by atoms with Crippen LogP contribution in [0.25, 0.3) is 0 Å². The molecule has 1 N–H and O–H groups in total. The Labute approximate surface area is 140 Å². The van der Waals surface area contributed by atoms with Crippen LogP contribution < -0.4 is 0 Å². The number of carbonyl (C=O) groups is 2. The van der Waals surface area contributed by atoms with E-state index >= 15 is 0 Å². The second-order valence-corrected chi connectivity index (χ2v) is 6.19. The van der Waals surface area contributed by atoms with Crippen LogP contribution in [0.3, 0.4) is 0 Å². The Morgan fingerprint density at radius 3 is 2.79 bits per heavy atom. The average molecular weight is 327 g/mol. The van der Waals surface area contributed by atoms with Gasteiger partial charge in [-0.2, -0.15) is 0 Å². The van der Waals surface area contributed by atoms with Crippen molar-refractivity contribution in [3.05, 3.63) is 53.1 Å². The fourth-order valence-corrected chi connectivity index (χ4v) is 3.34. The molecule has 2 aromatic heterocycles. The molecule has 1 fully saturated rings. The Morgan fingerprint density at radius 1 is 1.33 bits per heavy atom. The van der Waals surface area contributed by atoms with Gasteiger partial charge in [-0.15, -0.1) is 0 Å². The van der Waals surface area contributed by atoms with Crippen molar-refractivity contribution in [1.82, 2.24) is 14.5 Å². The highest BCUT2D eigenvalue weighted by Gasteiger charge is 2.35. The second-order valence-electron chi connectivity index (χ2n) is 6.19. The fraction of sp³-hybridized carbons (Fsp3) is 0.389. The highest BCUT2D eigenvalue weighted by Crippen LogP contribution is 2.24. The van der Waals surface area contributed by atoms with Crippen LogP contribution in [0.2, 0.25) is 0 Å². The number of likely N-dealkylation sites (tertiary alicyclic amines) is 1. The monoisotopic (exact) mass is 327 g/mol. The molecule has 0 radical (unpaired) electrons. The molecule has 1 saturated heterocycles. The molecule has 6 heteroatoms. The normalized spacial score (nSPS) is 17.2. The van der Waals surface area contributed by atoms with Crippen molar-refractivity contribution in [2.75, 3.05) is 6.54 Å². The number of hydrogen-bond acceptors (Lipinski definition) is 3. The smallest absolute Gasteiger partial charge is 0.326 e. The average Bonchev–Trinajstić information content (AvgIpc) is 3.16. The van der Waals surface area contributed by atoms with E-state index in [0.717, 1.165) is 23.5 Å². The topological polar surface area (TPSA) is 75.4 Å². The molecule has 0 spiro atoms. The Kier molecular flexibility index (Phi) is 4.38. The molecule has 126 valence electrons. The Bertz CT molecular complexity index is 767. The van der Waals surface area contributed by atoms with Gasteiger partial charge in [0.2, 0.25) is 0 Å². The second kappa shape index (κ2) is 6.47. The summed E-state index contributed by atoms with van der Waals surface area (Å²) in [7, 11) is 0. The lowest BCUT2D eigenvalue weighted by Gasteiger charge is -2.21. The molecular weight excluding hydrogens is 306 g/mol. The minimum absolute atomic E-state index is 0.194. The van der Waals surface area contributed by atoms with E-state index in [1.165, 1.54) is 4.90 Å². The maximum Gasteiger partial charge on any atom is 0.326 e. The van der Waals surface area contributed by atoms with Gasteiger partial charge in [0, 0.05) is 24.1 Å². The van der Waals surface area contributed by atoms with E-state index in [1.807, 2.05) is 42.7 Å². The largest absolute Gasteiger partial charge is 0.480 e. The zero-order valence-corrected chi connectivity index (χ0v) is 13.9. The van der Waals surface area contributed by atoms with Gasteiger partial charge in [0.15, 0.2) is 0 Å². The summed E-state index contributed by atoms with van der Waals surface area (Å²) in [5.74, 6) is -1.12. The molecule has 24 heavy (non-hydrogen) atoms. The van der Waals surface area contributed by atoms with Gasteiger partial charge in [-0.05, 0) is 44.9 Å². The summed E-state index contributed by atoms with van der Waals surface area (Å²) in [5, 5.41) is 9.30. The lowest BCUT2D eigenvalue weighted by Crippen LogP contribution is -2.40. The summed E-state index contributed by atoms with van der Waals surface area (Å²) in [6.07, 6.45) is 3.00. The number of amides is 1. The van der Waals surface area contributed by atoms with Gasteiger partial charge < -0.3 is 14.6 Å². The summed E-state index contributed by atoms with van der Waals surface area (Å²) < 4.78 is 2.04. The summed E-state index contributed by atoms with van der Waals surface area (Å²) in [4.78, 5) is 30.0. The van der Waals surface area contributed by atoms with E-state index < -0.39 is 12.0 Å². The molecule has 0 unspecified atom stereocenters. The molecule has 0 aliphatic carbocycles. The van der Waals surface area contributed by atoms with Crippen molar-refractivity contribution in [2.45, 2.75) is 39.3 Å². The molecule has 0 saturated carbocycles.